The van der Waals surface area contributed by atoms with Gasteiger partial charge < -0.3 is 19.8 Å². The molecule has 0 spiro atoms. The van der Waals surface area contributed by atoms with Gasteiger partial charge in [-0.15, -0.1) is 0 Å². The topological polar surface area (TPSA) is 126 Å². The van der Waals surface area contributed by atoms with Crippen molar-refractivity contribution in [3.8, 4) is 11.3 Å². The number of amides is 3. The predicted octanol–water partition coefficient (Wildman–Crippen LogP) is 6.22. The quantitative estimate of drug-likeness (QED) is 0.345. The third kappa shape index (κ3) is 5.72. The van der Waals surface area contributed by atoms with E-state index in [9.17, 15) is 23.2 Å². The van der Waals surface area contributed by atoms with E-state index >= 15 is 0 Å². The molecule has 3 N–H and O–H groups in total. The zero-order chi connectivity index (χ0) is 29.3. The summed E-state index contributed by atoms with van der Waals surface area (Å²) in [5, 5.41) is 5.54. The Balaban J connectivity index is 1.45. The molecule has 1 fully saturated rings. The summed E-state index contributed by atoms with van der Waals surface area (Å²) in [7, 11) is 1.26. The number of imidazole rings is 1. The molecule has 10 nitrogen and oxygen atoms in total. The lowest BCUT2D eigenvalue weighted by atomic mass is 9.97. The normalized spacial score (nSPS) is 21.1. The molecule has 1 aromatic heterocycles. The number of cyclic esters (lactones) is 1. The lowest BCUT2D eigenvalue weighted by Gasteiger charge is -2.37. The molecule has 3 amide bonds. The van der Waals surface area contributed by atoms with Crippen molar-refractivity contribution < 1.29 is 32.6 Å². The van der Waals surface area contributed by atoms with Gasteiger partial charge in [0.1, 0.15) is 23.6 Å². The van der Waals surface area contributed by atoms with Crippen LogP contribution in [0.1, 0.15) is 61.7 Å². The fourth-order valence-corrected chi connectivity index (χ4v) is 5.27. The second kappa shape index (κ2) is 11.6. The van der Waals surface area contributed by atoms with Crippen LogP contribution in [-0.2, 0) is 14.3 Å². The zero-order valence-corrected chi connectivity index (χ0v) is 22.9. The Hall–Kier alpha value is -4.48. The number of nitrogens with zero attached hydrogens (tertiary/aromatic N) is 2. The Morgan fingerprint density at radius 2 is 1.98 bits per heavy atom. The Morgan fingerprint density at radius 3 is 2.73 bits per heavy atom. The summed E-state index contributed by atoms with van der Waals surface area (Å²) in [5.41, 5.74) is 2.14. The summed E-state index contributed by atoms with van der Waals surface area (Å²) < 4.78 is 39.5. The molecule has 1 saturated heterocycles. The molecule has 0 radical (unpaired) electrons. The number of aromatic nitrogens is 2. The fourth-order valence-electron chi connectivity index (χ4n) is 5.27. The standard InChI is InChI=1S/C29H31F2N5O5/c1-15-7-10-19(30)24(25(15)31)23-11-12-36(29(39)41-23)22-6-4-5-16(2)27(37)35-20-13-17(33-28(38)40-3)8-9-18(20)21-14-32-26(22)34-21/h7-10,13-14,16,22-23H,4-6,11-12H2,1-3H3,(H,32,34)(H,33,38)(H,35,37). The van der Waals surface area contributed by atoms with Gasteiger partial charge in [-0.2, -0.15) is 0 Å². The molecule has 41 heavy (non-hydrogen) atoms. The van der Waals surface area contributed by atoms with Crippen LogP contribution in [0.5, 0.6) is 0 Å². The first-order valence-electron chi connectivity index (χ1n) is 13.4. The Labute approximate surface area is 235 Å². The number of aryl methyl sites for hydroxylation is 1. The van der Waals surface area contributed by atoms with E-state index in [4.69, 9.17) is 4.74 Å². The molecule has 5 rings (SSSR count). The summed E-state index contributed by atoms with van der Waals surface area (Å²) in [6.07, 6.45) is 1.06. The van der Waals surface area contributed by atoms with Crippen LogP contribution in [0.25, 0.3) is 11.3 Å². The first-order chi connectivity index (χ1) is 19.7. The van der Waals surface area contributed by atoms with Crippen molar-refractivity contribution in [1.29, 1.82) is 0 Å². The van der Waals surface area contributed by atoms with Gasteiger partial charge in [0.2, 0.25) is 5.91 Å². The van der Waals surface area contributed by atoms with E-state index in [1.165, 1.54) is 31.1 Å². The fraction of sp³-hybridized carbons (Fsp3) is 0.379. The molecule has 216 valence electrons. The van der Waals surface area contributed by atoms with Crippen LogP contribution in [0.3, 0.4) is 0 Å². The Kier molecular flexibility index (Phi) is 7.91. The van der Waals surface area contributed by atoms with Crippen LogP contribution in [0.4, 0.5) is 29.7 Å². The molecule has 0 aliphatic carbocycles. The van der Waals surface area contributed by atoms with Crippen LogP contribution in [-0.4, -0.2) is 46.6 Å². The summed E-state index contributed by atoms with van der Waals surface area (Å²) in [4.78, 5) is 47.4. The molecule has 2 bridgehead atoms. The minimum absolute atomic E-state index is 0.194. The van der Waals surface area contributed by atoms with E-state index in [0.29, 0.717) is 47.7 Å². The highest BCUT2D eigenvalue weighted by molar-refractivity contribution is 5.98. The highest BCUT2D eigenvalue weighted by Gasteiger charge is 2.37. The maximum Gasteiger partial charge on any atom is 0.411 e. The van der Waals surface area contributed by atoms with Crippen molar-refractivity contribution in [1.82, 2.24) is 14.9 Å². The second-order valence-electron chi connectivity index (χ2n) is 10.3. The van der Waals surface area contributed by atoms with Crippen LogP contribution in [0, 0.1) is 24.5 Å². The van der Waals surface area contributed by atoms with Gasteiger partial charge in [0, 0.05) is 30.1 Å². The average Bonchev–Trinajstić information content (AvgIpc) is 3.43. The van der Waals surface area contributed by atoms with Gasteiger partial charge in [0.05, 0.1) is 36.3 Å². The number of benzene rings is 2. The van der Waals surface area contributed by atoms with Crippen molar-refractivity contribution in [2.75, 3.05) is 24.3 Å². The number of halogens is 2. The second-order valence-corrected chi connectivity index (χ2v) is 10.3. The maximum atomic E-state index is 14.8. The number of H-pyrrole nitrogens is 1. The van der Waals surface area contributed by atoms with Gasteiger partial charge in [-0.1, -0.05) is 19.4 Å². The van der Waals surface area contributed by atoms with E-state index < -0.39 is 36.0 Å². The number of hydrogen-bond acceptors (Lipinski definition) is 6. The number of rotatable bonds is 3. The average molecular weight is 568 g/mol. The van der Waals surface area contributed by atoms with E-state index in [1.807, 2.05) is 6.92 Å². The number of carbonyl (C=O) groups excluding carboxylic acids is 3. The van der Waals surface area contributed by atoms with Crippen LogP contribution in [0.15, 0.2) is 36.5 Å². The van der Waals surface area contributed by atoms with Gasteiger partial charge in [-0.3, -0.25) is 15.0 Å². The number of nitrogens with one attached hydrogen (secondary N) is 3. The lowest BCUT2D eigenvalue weighted by molar-refractivity contribution is -0.119. The number of aromatic amines is 1. The van der Waals surface area contributed by atoms with Gasteiger partial charge in [-0.25, -0.2) is 23.4 Å². The van der Waals surface area contributed by atoms with E-state index in [0.717, 1.165) is 0 Å². The van der Waals surface area contributed by atoms with Gasteiger partial charge in [0.15, 0.2) is 0 Å². The predicted molar refractivity (Wildman–Crippen MR) is 146 cm³/mol. The summed E-state index contributed by atoms with van der Waals surface area (Å²) in [6.45, 7) is 3.55. The third-order valence-corrected chi connectivity index (χ3v) is 7.60. The van der Waals surface area contributed by atoms with Gasteiger partial charge >= 0.3 is 12.2 Å². The summed E-state index contributed by atoms with van der Waals surface area (Å²) in [5.74, 6) is -1.48. The molecule has 2 aliphatic rings. The van der Waals surface area contributed by atoms with Crippen molar-refractivity contribution in [2.45, 2.75) is 51.7 Å². The maximum absolute atomic E-state index is 14.8. The molecule has 12 heteroatoms. The lowest BCUT2D eigenvalue weighted by Crippen LogP contribution is -2.42. The molecular weight excluding hydrogens is 536 g/mol. The number of anilines is 2. The summed E-state index contributed by atoms with van der Waals surface area (Å²) >= 11 is 0. The molecule has 0 saturated carbocycles. The Morgan fingerprint density at radius 1 is 1.17 bits per heavy atom. The monoisotopic (exact) mass is 567 g/mol. The number of ether oxygens (including phenoxy) is 2. The molecule has 3 heterocycles. The highest BCUT2D eigenvalue weighted by Crippen LogP contribution is 2.38. The van der Waals surface area contributed by atoms with Crippen molar-refractivity contribution >= 4 is 29.5 Å². The smallest absolute Gasteiger partial charge is 0.411 e. The van der Waals surface area contributed by atoms with Crippen LogP contribution < -0.4 is 10.6 Å². The number of carbonyl (C=O) groups is 3. The minimum atomic E-state index is -1.04. The largest absolute Gasteiger partial charge is 0.453 e. The van der Waals surface area contributed by atoms with E-state index in [-0.39, 0.29) is 35.9 Å². The number of methoxy groups -OCH3 is 1. The van der Waals surface area contributed by atoms with Gasteiger partial charge in [-0.05, 0) is 49.6 Å². The first-order valence-corrected chi connectivity index (χ1v) is 13.4. The van der Waals surface area contributed by atoms with Crippen LogP contribution >= 0.6 is 0 Å². The van der Waals surface area contributed by atoms with Gasteiger partial charge in [0.25, 0.3) is 0 Å². The summed E-state index contributed by atoms with van der Waals surface area (Å²) in [6, 6.07) is 7.04. The molecule has 2 aliphatic heterocycles. The molecule has 3 unspecified atom stereocenters. The zero-order valence-electron chi connectivity index (χ0n) is 22.9. The highest BCUT2D eigenvalue weighted by atomic mass is 19.1. The van der Waals surface area contributed by atoms with Crippen molar-refractivity contribution in [3.05, 3.63) is 65.1 Å². The first kappa shape index (κ1) is 28.1. The molecule has 3 atom stereocenters. The van der Waals surface area contributed by atoms with Crippen LogP contribution in [0.2, 0.25) is 0 Å². The molecule has 3 aromatic rings. The molecule has 2 aromatic carbocycles. The van der Waals surface area contributed by atoms with E-state index in [2.05, 4.69) is 25.3 Å². The van der Waals surface area contributed by atoms with Crippen molar-refractivity contribution in [3.63, 3.8) is 0 Å². The molecular formula is C29H31F2N5O5. The number of hydrogen-bond donors (Lipinski definition) is 3. The number of fused-ring (bicyclic) bond motifs is 4. The van der Waals surface area contributed by atoms with E-state index in [1.54, 1.807) is 24.4 Å². The third-order valence-electron chi connectivity index (χ3n) is 7.60. The van der Waals surface area contributed by atoms with Crippen molar-refractivity contribution in [2.24, 2.45) is 5.92 Å². The SMILES string of the molecule is COC(=O)Nc1ccc2c(c1)NC(=O)C(C)CCCC(N1CCC(c3c(F)ccc(C)c3F)OC1=O)c1ncc-2[nH]1. The minimum Gasteiger partial charge on any atom is -0.453 e. The Bertz CT molecular complexity index is 1490.